The Balaban J connectivity index is 2.06. The van der Waals surface area contributed by atoms with Crippen molar-refractivity contribution in [2.24, 2.45) is 0 Å². The van der Waals surface area contributed by atoms with Crippen LogP contribution in [0.2, 0.25) is 0 Å². The highest BCUT2D eigenvalue weighted by molar-refractivity contribution is 7.99. The number of benzene rings is 1. The molecule has 0 unspecified atom stereocenters. The SMILES string of the molecule is OCc1cc2ccccc2nc1Sc1ncccn1. The van der Waals surface area contributed by atoms with Crippen molar-refractivity contribution < 1.29 is 5.11 Å². The first-order chi connectivity index (χ1) is 9.36. The minimum atomic E-state index is -0.0486. The normalized spacial score (nSPS) is 10.8. The molecule has 2 aromatic heterocycles. The number of hydrogen-bond donors (Lipinski definition) is 1. The van der Waals surface area contributed by atoms with E-state index in [1.54, 1.807) is 18.5 Å². The van der Waals surface area contributed by atoms with E-state index in [4.69, 9.17) is 0 Å². The quantitative estimate of drug-likeness (QED) is 0.741. The third kappa shape index (κ3) is 2.57. The molecule has 1 aromatic carbocycles. The number of pyridine rings is 1. The van der Waals surface area contributed by atoms with E-state index < -0.39 is 0 Å². The lowest BCUT2D eigenvalue weighted by molar-refractivity contribution is 0.278. The smallest absolute Gasteiger partial charge is 0.193 e. The van der Waals surface area contributed by atoms with E-state index >= 15 is 0 Å². The van der Waals surface area contributed by atoms with Gasteiger partial charge in [0.05, 0.1) is 12.1 Å². The van der Waals surface area contributed by atoms with Crippen molar-refractivity contribution in [3.8, 4) is 0 Å². The van der Waals surface area contributed by atoms with E-state index in [2.05, 4.69) is 15.0 Å². The molecule has 0 bridgehead atoms. The summed E-state index contributed by atoms with van der Waals surface area (Å²) in [6, 6.07) is 11.6. The maximum Gasteiger partial charge on any atom is 0.193 e. The minimum absolute atomic E-state index is 0.0486. The van der Waals surface area contributed by atoms with Gasteiger partial charge in [0.25, 0.3) is 0 Å². The molecule has 0 amide bonds. The molecular formula is C14H11N3OS. The molecule has 0 aliphatic rings. The Bertz CT molecular complexity index is 703. The van der Waals surface area contributed by atoms with Crippen molar-refractivity contribution in [3.05, 3.63) is 54.4 Å². The second kappa shape index (κ2) is 5.34. The van der Waals surface area contributed by atoms with Gasteiger partial charge in [0.1, 0.15) is 5.03 Å². The van der Waals surface area contributed by atoms with Gasteiger partial charge in [-0.15, -0.1) is 0 Å². The predicted octanol–water partition coefficient (Wildman–Crippen LogP) is 2.67. The molecule has 3 rings (SSSR count). The fraction of sp³-hybridized carbons (Fsp3) is 0.0714. The summed E-state index contributed by atoms with van der Waals surface area (Å²) >= 11 is 1.36. The van der Waals surface area contributed by atoms with Crippen molar-refractivity contribution >= 4 is 22.7 Å². The van der Waals surface area contributed by atoms with Crippen LogP contribution in [0.5, 0.6) is 0 Å². The van der Waals surface area contributed by atoms with Crippen LogP contribution in [0.4, 0.5) is 0 Å². The third-order valence-corrected chi connectivity index (χ3v) is 3.60. The summed E-state index contributed by atoms with van der Waals surface area (Å²) in [5.41, 5.74) is 1.69. The fourth-order valence-corrected chi connectivity index (χ4v) is 2.57. The summed E-state index contributed by atoms with van der Waals surface area (Å²) in [5, 5.41) is 11.8. The summed E-state index contributed by atoms with van der Waals surface area (Å²) < 4.78 is 0. The highest BCUT2D eigenvalue weighted by Gasteiger charge is 2.09. The lowest BCUT2D eigenvalue weighted by Gasteiger charge is -2.07. The molecule has 0 saturated heterocycles. The summed E-state index contributed by atoms with van der Waals surface area (Å²) in [6.45, 7) is -0.0486. The lowest BCUT2D eigenvalue weighted by Crippen LogP contribution is -1.94. The highest BCUT2D eigenvalue weighted by Crippen LogP contribution is 2.28. The Morgan fingerprint density at radius 3 is 2.63 bits per heavy atom. The molecular weight excluding hydrogens is 258 g/mol. The summed E-state index contributed by atoms with van der Waals surface area (Å²) in [4.78, 5) is 12.9. The van der Waals surface area contributed by atoms with Crippen molar-refractivity contribution in [1.29, 1.82) is 0 Å². The van der Waals surface area contributed by atoms with Crippen molar-refractivity contribution in [2.45, 2.75) is 16.8 Å². The molecule has 1 N–H and O–H groups in total. The van der Waals surface area contributed by atoms with Crippen LogP contribution in [0.3, 0.4) is 0 Å². The van der Waals surface area contributed by atoms with Crippen LogP contribution < -0.4 is 0 Å². The summed E-state index contributed by atoms with van der Waals surface area (Å²) in [6.07, 6.45) is 3.38. The summed E-state index contributed by atoms with van der Waals surface area (Å²) in [7, 11) is 0. The molecule has 0 spiro atoms. The molecule has 0 radical (unpaired) electrons. The van der Waals surface area contributed by atoms with Crippen LogP contribution in [-0.4, -0.2) is 20.1 Å². The number of para-hydroxylation sites is 1. The standard InChI is InChI=1S/C14H11N3OS/c18-9-11-8-10-4-1-2-5-12(10)17-13(11)19-14-15-6-3-7-16-14/h1-8,18H,9H2. The lowest BCUT2D eigenvalue weighted by atomic mass is 10.2. The topological polar surface area (TPSA) is 58.9 Å². The second-order valence-corrected chi connectivity index (χ2v) is 4.89. The van der Waals surface area contributed by atoms with Gasteiger partial charge < -0.3 is 5.11 Å². The van der Waals surface area contributed by atoms with Gasteiger partial charge in [-0.05, 0) is 30.0 Å². The van der Waals surface area contributed by atoms with Gasteiger partial charge in [-0.1, -0.05) is 18.2 Å². The van der Waals surface area contributed by atoms with Crippen LogP contribution in [0.1, 0.15) is 5.56 Å². The number of nitrogens with zero attached hydrogens (tertiary/aromatic N) is 3. The minimum Gasteiger partial charge on any atom is -0.392 e. The van der Waals surface area contributed by atoms with Gasteiger partial charge in [0, 0.05) is 23.3 Å². The zero-order valence-corrected chi connectivity index (χ0v) is 10.8. The maximum atomic E-state index is 9.46. The molecule has 94 valence electrons. The number of aromatic nitrogens is 3. The molecule has 0 saturated carbocycles. The van der Waals surface area contributed by atoms with Gasteiger partial charge in [-0.3, -0.25) is 0 Å². The largest absolute Gasteiger partial charge is 0.392 e. The third-order valence-electron chi connectivity index (χ3n) is 2.66. The Morgan fingerprint density at radius 2 is 1.84 bits per heavy atom. The van der Waals surface area contributed by atoms with Crippen LogP contribution >= 0.6 is 11.8 Å². The van der Waals surface area contributed by atoms with E-state index in [0.717, 1.165) is 21.5 Å². The number of hydrogen-bond acceptors (Lipinski definition) is 5. The Kier molecular flexibility index (Phi) is 3.39. The first kappa shape index (κ1) is 12.1. The first-order valence-electron chi connectivity index (χ1n) is 5.81. The number of fused-ring (bicyclic) bond motifs is 1. The molecule has 0 fully saturated rings. The molecule has 5 heteroatoms. The van der Waals surface area contributed by atoms with Crippen LogP contribution in [0.15, 0.2) is 59.0 Å². The van der Waals surface area contributed by atoms with E-state index in [-0.39, 0.29) is 6.61 Å². The molecule has 3 aromatic rings. The fourth-order valence-electron chi connectivity index (χ4n) is 1.77. The highest BCUT2D eigenvalue weighted by atomic mass is 32.2. The average molecular weight is 269 g/mol. The van der Waals surface area contributed by atoms with Gasteiger partial charge in [0.2, 0.25) is 0 Å². The summed E-state index contributed by atoms with van der Waals surface area (Å²) in [5.74, 6) is 0. The predicted molar refractivity (Wildman–Crippen MR) is 73.8 cm³/mol. The Morgan fingerprint density at radius 1 is 1.05 bits per heavy atom. The monoisotopic (exact) mass is 269 g/mol. The van der Waals surface area contributed by atoms with Crippen molar-refractivity contribution in [1.82, 2.24) is 15.0 Å². The van der Waals surface area contributed by atoms with E-state index in [9.17, 15) is 5.11 Å². The van der Waals surface area contributed by atoms with Gasteiger partial charge >= 0.3 is 0 Å². The average Bonchev–Trinajstić information content (AvgIpc) is 2.47. The van der Waals surface area contributed by atoms with Crippen molar-refractivity contribution in [3.63, 3.8) is 0 Å². The van der Waals surface area contributed by atoms with Crippen LogP contribution in [0, 0.1) is 0 Å². The van der Waals surface area contributed by atoms with Crippen molar-refractivity contribution in [2.75, 3.05) is 0 Å². The second-order valence-electron chi connectivity index (χ2n) is 3.94. The maximum absolute atomic E-state index is 9.46. The van der Waals surface area contributed by atoms with Crippen LogP contribution in [-0.2, 0) is 6.61 Å². The molecule has 2 heterocycles. The Hall–Kier alpha value is -1.98. The number of aliphatic hydroxyl groups excluding tert-OH is 1. The molecule has 0 atom stereocenters. The molecule has 0 aliphatic carbocycles. The van der Waals surface area contributed by atoms with E-state index in [0.29, 0.717) is 5.16 Å². The molecule has 19 heavy (non-hydrogen) atoms. The molecule has 4 nitrogen and oxygen atoms in total. The van der Waals surface area contributed by atoms with E-state index in [1.807, 2.05) is 30.3 Å². The van der Waals surface area contributed by atoms with Gasteiger partial charge in [0.15, 0.2) is 5.16 Å². The van der Waals surface area contributed by atoms with Gasteiger partial charge in [-0.25, -0.2) is 15.0 Å². The Labute approximate surface area is 114 Å². The van der Waals surface area contributed by atoms with Crippen LogP contribution in [0.25, 0.3) is 10.9 Å². The zero-order chi connectivity index (χ0) is 13.1. The van der Waals surface area contributed by atoms with E-state index in [1.165, 1.54) is 11.8 Å². The zero-order valence-electron chi connectivity index (χ0n) is 10.0. The van der Waals surface area contributed by atoms with Gasteiger partial charge in [-0.2, -0.15) is 0 Å². The number of rotatable bonds is 3. The molecule has 0 aliphatic heterocycles. The number of aliphatic hydroxyl groups is 1. The first-order valence-corrected chi connectivity index (χ1v) is 6.63.